The number of aliphatic hydroxyl groups excluding tert-OH is 4. The molecular formula is C11H22O5. The summed E-state index contributed by atoms with van der Waals surface area (Å²) >= 11 is 0. The SMILES string of the molecule is CC(C)C(C)C1OC(CO)C(O)C(O)C1O. The van der Waals surface area contributed by atoms with Gasteiger partial charge in [0.15, 0.2) is 0 Å². The van der Waals surface area contributed by atoms with Crippen LogP contribution >= 0.6 is 0 Å². The highest BCUT2D eigenvalue weighted by Gasteiger charge is 2.45. The summed E-state index contributed by atoms with van der Waals surface area (Å²) in [7, 11) is 0. The van der Waals surface area contributed by atoms with Gasteiger partial charge in [0.1, 0.15) is 24.4 Å². The fraction of sp³-hybridized carbons (Fsp3) is 1.00. The van der Waals surface area contributed by atoms with E-state index in [1.807, 2.05) is 20.8 Å². The van der Waals surface area contributed by atoms with Gasteiger partial charge in [-0.3, -0.25) is 0 Å². The molecule has 4 N–H and O–H groups in total. The third-order valence-corrected chi connectivity index (χ3v) is 3.50. The zero-order valence-corrected chi connectivity index (χ0v) is 9.95. The van der Waals surface area contributed by atoms with E-state index in [0.29, 0.717) is 0 Å². The Kier molecular flexibility index (Phi) is 4.70. The van der Waals surface area contributed by atoms with E-state index in [9.17, 15) is 15.3 Å². The Morgan fingerprint density at radius 1 is 1.00 bits per heavy atom. The first-order valence-electron chi connectivity index (χ1n) is 5.70. The number of aliphatic hydroxyl groups is 4. The van der Waals surface area contributed by atoms with Gasteiger partial charge in [-0.1, -0.05) is 20.8 Å². The zero-order chi connectivity index (χ0) is 12.5. The van der Waals surface area contributed by atoms with Crippen molar-refractivity contribution in [2.24, 2.45) is 11.8 Å². The lowest BCUT2D eigenvalue weighted by atomic mass is 9.83. The van der Waals surface area contributed by atoms with E-state index in [-0.39, 0.29) is 18.4 Å². The molecule has 1 saturated heterocycles. The summed E-state index contributed by atoms with van der Waals surface area (Å²) in [5.74, 6) is 0.313. The van der Waals surface area contributed by atoms with Crippen molar-refractivity contribution in [3.05, 3.63) is 0 Å². The molecule has 1 aliphatic rings. The van der Waals surface area contributed by atoms with Crippen molar-refractivity contribution in [3.8, 4) is 0 Å². The number of hydrogen-bond donors (Lipinski definition) is 4. The molecule has 0 aromatic rings. The van der Waals surface area contributed by atoms with Crippen molar-refractivity contribution in [2.45, 2.75) is 51.3 Å². The minimum absolute atomic E-state index is 0.0335. The van der Waals surface area contributed by atoms with E-state index in [0.717, 1.165) is 0 Å². The van der Waals surface area contributed by atoms with Gasteiger partial charge in [0, 0.05) is 0 Å². The molecule has 0 bridgehead atoms. The Morgan fingerprint density at radius 2 is 1.56 bits per heavy atom. The summed E-state index contributed by atoms with van der Waals surface area (Å²) < 4.78 is 5.44. The number of ether oxygens (including phenoxy) is 1. The lowest BCUT2D eigenvalue weighted by Crippen LogP contribution is -2.60. The van der Waals surface area contributed by atoms with Crippen molar-refractivity contribution >= 4 is 0 Å². The van der Waals surface area contributed by atoms with Gasteiger partial charge < -0.3 is 25.2 Å². The van der Waals surface area contributed by atoms with Crippen LogP contribution in [0.1, 0.15) is 20.8 Å². The van der Waals surface area contributed by atoms with E-state index >= 15 is 0 Å². The average Bonchev–Trinajstić information content (AvgIpc) is 2.25. The number of hydrogen-bond acceptors (Lipinski definition) is 5. The molecule has 5 heteroatoms. The molecule has 5 nitrogen and oxygen atoms in total. The van der Waals surface area contributed by atoms with Crippen molar-refractivity contribution in [1.82, 2.24) is 0 Å². The molecule has 1 heterocycles. The maximum Gasteiger partial charge on any atom is 0.111 e. The predicted octanol–water partition coefficient (Wildman–Crippen LogP) is -0.879. The zero-order valence-electron chi connectivity index (χ0n) is 9.95. The van der Waals surface area contributed by atoms with Gasteiger partial charge in [-0.2, -0.15) is 0 Å². The molecule has 1 rings (SSSR count). The highest BCUT2D eigenvalue weighted by molar-refractivity contribution is 4.94. The Bertz CT molecular complexity index is 218. The first-order valence-corrected chi connectivity index (χ1v) is 5.70. The van der Waals surface area contributed by atoms with Crippen molar-refractivity contribution in [3.63, 3.8) is 0 Å². The molecule has 0 aliphatic carbocycles. The molecule has 6 unspecified atom stereocenters. The smallest absolute Gasteiger partial charge is 0.111 e. The molecule has 0 spiro atoms. The van der Waals surface area contributed by atoms with Gasteiger partial charge in [-0.15, -0.1) is 0 Å². The quantitative estimate of drug-likeness (QED) is 0.509. The van der Waals surface area contributed by atoms with Gasteiger partial charge in [-0.05, 0) is 11.8 Å². The lowest BCUT2D eigenvalue weighted by molar-refractivity contribution is -0.242. The van der Waals surface area contributed by atoms with Gasteiger partial charge in [-0.25, -0.2) is 0 Å². The third-order valence-electron chi connectivity index (χ3n) is 3.50. The molecular weight excluding hydrogens is 212 g/mol. The van der Waals surface area contributed by atoms with Gasteiger partial charge >= 0.3 is 0 Å². The fourth-order valence-electron chi connectivity index (χ4n) is 1.94. The molecule has 6 atom stereocenters. The second-order valence-electron chi connectivity index (χ2n) is 4.90. The second-order valence-corrected chi connectivity index (χ2v) is 4.90. The van der Waals surface area contributed by atoms with E-state index in [2.05, 4.69) is 0 Å². The summed E-state index contributed by atoms with van der Waals surface area (Å²) in [6, 6.07) is 0. The minimum atomic E-state index is -1.27. The van der Waals surface area contributed by atoms with Gasteiger partial charge in [0.2, 0.25) is 0 Å². The van der Waals surface area contributed by atoms with Crippen LogP contribution in [0.3, 0.4) is 0 Å². The van der Waals surface area contributed by atoms with Crippen LogP contribution in [0.25, 0.3) is 0 Å². The minimum Gasteiger partial charge on any atom is -0.394 e. The first-order chi connectivity index (χ1) is 7.40. The van der Waals surface area contributed by atoms with Crippen LogP contribution in [-0.2, 0) is 4.74 Å². The molecule has 0 aromatic carbocycles. The second kappa shape index (κ2) is 5.42. The maximum atomic E-state index is 9.82. The summed E-state index contributed by atoms with van der Waals surface area (Å²) in [5.41, 5.74) is 0. The predicted molar refractivity (Wildman–Crippen MR) is 57.8 cm³/mol. The van der Waals surface area contributed by atoms with Crippen LogP contribution in [0.15, 0.2) is 0 Å². The van der Waals surface area contributed by atoms with Crippen LogP contribution in [-0.4, -0.2) is 57.6 Å². The van der Waals surface area contributed by atoms with Gasteiger partial charge in [0.25, 0.3) is 0 Å². The standard InChI is InChI=1S/C11H22O5/c1-5(2)6(3)11-10(15)9(14)8(13)7(4-12)16-11/h5-15H,4H2,1-3H3. The van der Waals surface area contributed by atoms with Crippen molar-refractivity contribution in [2.75, 3.05) is 6.61 Å². The summed E-state index contributed by atoms with van der Waals surface area (Å²) in [6.45, 7) is 5.53. The molecule has 1 fully saturated rings. The highest BCUT2D eigenvalue weighted by atomic mass is 16.5. The largest absolute Gasteiger partial charge is 0.394 e. The van der Waals surface area contributed by atoms with Crippen LogP contribution in [0.5, 0.6) is 0 Å². The normalized spacial score (nSPS) is 42.4. The Balaban J connectivity index is 2.78. The Hall–Kier alpha value is -0.200. The van der Waals surface area contributed by atoms with Crippen LogP contribution < -0.4 is 0 Å². The summed E-state index contributed by atoms with van der Waals surface area (Å²) in [4.78, 5) is 0. The van der Waals surface area contributed by atoms with Crippen molar-refractivity contribution < 1.29 is 25.2 Å². The maximum absolute atomic E-state index is 9.82. The van der Waals surface area contributed by atoms with Crippen LogP contribution in [0.4, 0.5) is 0 Å². The molecule has 0 aromatic heterocycles. The topological polar surface area (TPSA) is 90.2 Å². The van der Waals surface area contributed by atoms with E-state index in [4.69, 9.17) is 9.84 Å². The first kappa shape index (κ1) is 13.9. The molecule has 0 amide bonds. The Labute approximate surface area is 95.7 Å². The monoisotopic (exact) mass is 234 g/mol. The lowest BCUT2D eigenvalue weighted by Gasteiger charge is -2.43. The molecule has 16 heavy (non-hydrogen) atoms. The summed E-state index contributed by atoms with van der Waals surface area (Å²) in [6.07, 6.45) is -5.01. The van der Waals surface area contributed by atoms with E-state index < -0.39 is 30.5 Å². The van der Waals surface area contributed by atoms with Crippen LogP contribution in [0.2, 0.25) is 0 Å². The number of rotatable bonds is 3. The summed E-state index contributed by atoms with van der Waals surface area (Å²) in [5, 5.41) is 38.1. The molecule has 0 saturated carbocycles. The average molecular weight is 234 g/mol. The fourth-order valence-corrected chi connectivity index (χ4v) is 1.94. The van der Waals surface area contributed by atoms with E-state index in [1.54, 1.807) is 0 Å². The molecule has 1 aliphatic heterocycles. The van der Waals surface area contributed by atoms with Crippen LogP contribution in [0, 0.1) is 11.8 Å². The third kappa shape index (κ3) is 2.55. The van der Waals surface area contributed by atoms with E-state index in [1.165, 1.54) is 0 Å². The molecule has 96 valence electrons. The van der Waals surface area contributed by atoms with Gasteiger partial charge in [0.05, 0.1) is 12.7 Å². The highest BCUT2D eigenvalue weighted by Crippen LogP contribution is 2.29. The van der Waals surface area contributed by atoms with Crippen molar-refractivity contribution in [1.29, 1.82) is 0 Å². The molecule has 0 radical (unpaired) electrons. The Morgan fingerprint density at radius 3 is 2.00 bits per heavy atom.